The number of carbonyl (C=O) groups is 1. The van der Waals surface area contributed by atoms with E-state index in [-0.39, 0.29) is 17.6 Å². The van der Waals surface area contributed by atoms with Crippen LogP contribution in [0.2, 0.25) is 0 Å². The summed E-state index contributed by atoms with van der Waals surface area (Å²) in [7, 11) is 0. The van der Waals surface area contributed by atoms with Gasteiger partial charge in [-0.2, -0.15) is 11.8 Å². The molecule has 1 amide bonds. The first-order chi connectivity index (χ1) is 9.08. The number of nitrogens with one attached hydrogen (secondary N) is 2. The zero-order valence-electron chi connectivity index (χ0n) is 9.89. The van der Waals surface area contributed by atoms with E-state index < -0.39 is 4.92 Å². The Hall–Kier alpha value is -1.12. The van der Waals surface area contributed by atoms with Crippen LogP contribution in [0, 0.1) is 10.1 Å². The van der Waals surface area contributed by atoms with Crippen LogP contribution in [-0.4, -0.2) is 34.9 Å². The average molecular weight is 346 g/mol. The van der Waals surface area contributed by atoms with Gasteiger partial charge in [-0.15, -0.1) is 0 Å². The van der Waals surface area contributed by atoms with Crippen molar-refractivity contribution in [3.63, 3.8) is 0 Å². The smallest absolute Gasteiger partial charge is 0.285 e. The number of carbonyl (C=O) groups excluding carboxylic acids is 1. The number of hydrogen-bond donors (Lipinski definition) is 2. The van der Waals surface area contributed by atoms with Crippen molar-refractivity contribution in [2.75, 3.05) is 23.4 Å². The Morgan fingerprint density at radius 3 is 3.00 bits per heavy atom. The van der Waals surface area contributed by atoms with Gasteiger partial charge in [-0.1, -0.05) is 0 Å². The zero-order chi connectivity index (χ0) is 13.8. The lowest BCUT2D eigenvalue weighted by molar-refractivity contribution is -0.385. The minimum absolute atomic E-state index is 0.0659. The number of halogens is 1. The maximum atomic E-state index is 12.0. The second-order valence-corrected chi connectivity index (χ2v) is 6.00. The van der Waals surface area contributed by atoms with E-state index in [4.69, 9.17) is 0 Å². The average Bonchev–Trinajstić information content (AvgIpc) is 2.41. The Bertz CT molecular complexity index is 506. The molecule has 2 rings (SSSR count). The predicted molar refractivity (Wildman–Crippen MR) is 78.5 cm³/mol. The van der Waals surface area contributed by atoms with Crippen molar-refractivity contribution >= 4 is 45.0 Å². The maximum Gasteiger partial charge on any atom is 0.285 e. The van der Waals surface area contributed by atoms with Gasteiger partial charge in [0.1, 0.15) is 0 Å². The topological polar surface area (TPSA) is 84.3 Å². The van der Waals surface area contributed by atoms with Crippen molar-refractivity contribution < 1.29 is 9.72 Å². The molecule has 0 spiro atoms. The van der Waals surface area contributed by atoms with Gasteiger partial charge in [-0.3, -0.25) is 14.9 Å². The molecule has 1 atom stereocenters. The van der Waals surface area contributed by atoms with Crippen LogP contribution < -0.4 is 10.6 Å². The van der Waals surface area contributed by atoms with Gasteiger partial charge in [0.2, 0.25) is 5.91 Å². The molecule has 0 saturated carbocycles. The number of rotatable bonds is 3. The number of amides is 1. The van der Waals surface area contributed by atoms with Crippen LogP contribution in [0.15, 0.2) is 22.7 Å². The first-order valence-electron chi connectivity index (χ1n) is 5.64. The molecule has 8 heteroatoms. The zero-order valence-corrected chi connectivity index (χ0v) is 12.3. The minimum atomic E-state index is -0.492. The Kier molecular flexibility index (Phi) is 4.78. The molecule has 2 N–H and O–H groups in total. The van der Waals surface area contributed by atoms with E-state index in [1.807, 2.05) is 0 Å². The molecule has 1 aromatic rings. The summed E-state index contributed by atoms with van der Waals surface area (Å²) < 4.78 is 0.391. The van der Waals surface area contributed by atoms with E-state index in [0.29, 0.717) is 15.9 Å². The van der Waals surface area contributed by atoms with E-state index >= 15 is 0 Å². The quantitative estimate of drug-likeness (QED) is 0.646. The van der Waals surface area contributed by atoms with Gasteiger partial charge < -0.3 is 10.6 Å². The molecule has 19 heavy (non-hydrogen) atoms. The first kappa shape index (κ1) is 14.3. The van der Waals surface area contributed by atoms with Gasteiger partial charge in [0, 0.05) is 29.8 Å². The molecule has 102 valence electrons. The van der Waals surface area contributed by atoms with Gasteiger partial charge in [-0.05, 0) is 28.1 Å². The third-order valence-corrected chi connectivity index (χ3v) is 4.38. The summed E-state index contributed by atoms with van der Waals surface area (Å²) in [5.41, 5.74) is 0.362. The molecule has 0 bridgehead atoms. The first-order valence-corrected chi connectivity index (χ1v) is 7.58. The normalized spacial score (nSPS) is 18.9. The molecule has 1 unspecified atom stereocenters. The van der Waals surface area contributed by atoms with E-state index in [2.05, 4.69) is 26.6 Å². The Morgan fingerprint density at radius 1 is 1.58 bits per heavy atom. The molecular weight excluding hydrogens is 334 g/mol. The molecule has 0 aliphatic carbocycles. The number of nitro groups is 1. The van der Waals surface area contributed by atoms with Crippen molar-refractivity contribution in [2.24, 2.45) is 0 Å². The summed E-state index contributed by atoms with van der Waals surface area (Å²) in [6.07, 6.45) is 0. The second kappa shape index (κ2) is 6.36. The molecule has 0 radical (unpaired) electrons. The fourth-order valence-electron chi connectivity index (χ4n) is 1.69. The third kappa shape index (κ3) is 3.68. The number of anilines is 1. The molecule has 1 aromatic carbocycles. The van der Waals surface area contributed by atoms with E-state index in [0.717, 1.165) is 12.3 Å². The van der Waals surface area contributed by atoms with Crippen LogP contribution in [0.1, 0.15) is 0 Å². The Morgan fingerprint density at radius 2 is 2.37 bits per heavy atom. The van der Waals surface area contributed by atoms with Gasteiger partial charge in [0.15, 0.2) is 0 Å². The van der Waals surface area contributed by atoms with Crippen molar-refractivity contribution in [1.82, 2.24) is 5.32 Å². The highest BCUT2D eigenvalue weighted by Crippen LogP contribution is 2.27. The highest BCUT2D eigenvalue weighted by atomic mass is 79.9. The molecular formula is C11H12BrN3O3S. The van der Waals surface area contributed by atoms with Crippen LogP contribution in [0.3, 0.4) is 0 Å². The number of benzene rings is 1. The van der Waals surface area contributed by atoms with E-state index in [9.17, 15) is 14.9 Å². The van der Waals surface area contributed by atoms with E-state index in [1.165, 1.54) is 6.07 Å². The fraction of sp³-hybridized carbons (Fsp3) is 0.364. The standard InChI is InChI=1S/C11H12BrN3O3S/c12-8-2-1-7(5-10(8)15(17)18)14-11(16)9-6-19-4-3-13-9/h1-2,5,9,13H,3-4,6H2,(H,14,16). The largest absolute Gasteiger partial charge is 0.324 e. The van der Waals surface area contributed by atoms with Gasteiger partial charge >= 0.3 is 0 Å². The minimum Gasteiger partial charge on any atom is -0.324 e. The van der Waals surface area contributed by atoms with Gasteiger partial charge in [0.05, 0.1) is 15.4 Å². The maximum absolute atomic E-state index is 12.0. The number of nitro benzene ring substituents is 1. The lowest BCUT2D eigenvalue weighted by Gasteiger charge is -2.22. The van der Waals surface area contributed by atoms with Crippen LogP contribution >= 0.6 is 27.7 Å². The summed E-state index contributed by atoms with van der Waals surface area (Å²) >= 11 is 4.82. The van der Waals surface area contributed by atoms with Crippen LogP contribution in [0.5, 0.6) is 0 Å². The monoisotopic (exact) mass is 345 g/mol. The lowest BCUT2D eigenvalue weighted by atomic mass is 10.2. The van der Waals surface area contributed by atoms with Gasteiger partial charge in [0.25, 0.3) is 5.69 Å². The van der Waals surface area contributed by atoms with E-state index in [1.54, 1.807) is 23.9 Å². The summed E-state index contributed by atoms with van der Waals surface area (Å²) in [6, 6.07) is 4.28. The molecule has 6 nitrogen and oxygen atoms in total. The summed E-state index contributed by atoms with van der Waals surface area (Å²) in [6.45, 7) is 0.795. The number of thioether (sulfide) groups is 1. The summed E-state index contributed by atoms with van der Waals surface area (Å²) in [4.78, 5) is 22.3. The second-order valence-electron chi connectivity index (χ2n) is 3.99. The number of nitrogens with zero attached hydrogens (tertiary/aromatic N) is 1. The summed E-state index contributed by atoms with van der Waals surface area (Å²) in [5, 5.41) is 16.6. The molecule has 0 aromatic heterocycles. The van der Waals surface area contributed by atoms with Crippen molar-refractivity contribution in [2.45, 2.75) is 6.04 Å². The van der Waals surface area contributed by atoms with Crippen molar-refractivity contribution in [3.05, 3.63) is 32.8 Å². The summed E-state index contributed by atoms with van der Waals surface area (Å²) in [5.74, 6) is 1.54. The molecule has 1 heterocycles. The van der Waals surface area contributed by atoms with Crippen LogP contribution in [-0.2, 0) is 4.79 Å². The molecule has 1 fully saturated rings. The lowest BCUT2D eigenvalue weighted by Crippen LogP contribution is -2.46. The Balaban J connectivity index is 2.08. The van der Waals surface area contributed by atoms with Crippen LogP contribution in [0.25, 0.3) is 0 Å². The van der Waals surface area contributed by atoms with Gasteiger partial charge in [-0.25, -0.2) is 0 Å². The highest BCUT2D eigenvalue weighted by molar-refractivity contribution is 9.10. The molecule has 1 aliphatic rings. The third-order valence-electron chi connectivity index (χ3n) is 2.65. The van der Waals surface area contributed by atoms with Crippen molar-refractivity contribution in [3.8, 4) is 0 Å². The molecule has 1 saturated heterocycles. The fourth-order valence-corrected chi connectivity index (χ4v) is 3.02. The van der Waals surface area contributed by atoms with Crippen LogP contribution in [0.4, 0.5) is 11.4 Å². The predicted octanol–water partition coefficient (Wildman–Crippen LogP) is 2.00. The highest BCUT2D eigenvalue weighted by Gasteiger charge is 2.21. The Labute approximate surface area is 122 Å². The SMILES string of the molecule is O=C(Nc1ccc(Br)c([N+](=O)[O-])c1)C1CSCCN1. The number of hydrogen-bond acceptors (Lipinski definition) is 5. The molecule has 1 aliphatic heterocycles. The van der Waals surface area contributed by atoms with Crippen molar-refractivity contribution in [1.29, 1.82) is 0 Å².